The normalized spacial score (nSPS) is 32.1. The third-order valence-corrected chi connectivity index (χ3v) is 6.13. The van der Waals surface area contributed by atoms with Gasteiger partial charge < -0.3 is 15.5 Å². The summed E-state index contributed by atoms with van der Waals surface area (Å²) < 4.78 is 0. The summed E-state index contributed by atoms with van der Waals surface area (Å²) in [5, 5.41) is 0. The molecule has 0 radical (unpaired) electrons. The van der Waals surface area contributed by atoms with Gasteiger partial charge in [0.15, 0.2) is 0 Å². The maximum Gasteiger partial charge on any atom is 0.222 e. The minimum atomic E-state index is 0.253. The summed E-state index contributed by atoms with van der Waals surface area (Å²) in [5.41, 5.74) is 6.20. The first-order valence-corrected chi connectivity index (χ1v) is 9.51. The summed E-state index contributed by atoms with van der Waals surface area (Å²) in [6.45, 7) is 4.47. The van der Waals surface area contributed by atoms with Crippen molar-refractivity contribution in [2.45, 2.75) is 76.3 Å². The lowest BCUT2D eigenvalue weighted by Crippen LogP contribution is -2.49. The van der Waals surface area contributed by atoms with E-state index in [1.165, 1.54) is 58.0 Å². The number of hydrogen-bond acceptors (Lipinski definition) is 3. The molecule has 1 aliphatic carbocycles. The maximum atomic E-state index is 12.6. The Kier molecular flexibility index (Phi) is 5.75. The van der Waals surface area contributed by atoms with E-state index < -0.39 is 0 Å². The van der Waals surface area contributed by atoms with Crippen LogP contribution in [-0.2, 0) is 4.79 Å². The summed E-state index contributed by atoms with van der Waals surface area (Å²) in [7, 11) is 0. The number of piperidine rings is 2. The fourth-order valence-corrected chi connectivity index (χ4v) is 4.61. The monoisotopic (exact) mass is 307 g/mol. The number of rotatable bonds is 3. The van der Waals surface area contributed by atoms with Crippen LogP contribution in [0.4, 0.5) is 0 Å². The lowest BCUT2D eigenvalue weighted by Gasteiger charge is -2.40. The highest BCUT2D eigenvalue weighted by atomic mass is 16.2. The average Bonchev–Trinajstić information content (AvgIpc) is 2.58. The molecular formula is C18H33N3O. The molecule has 1 amide bonds. The van der Waals surface area contributed by atoms with Gasteiger partial charge >= 0.3 is 0 Å². The Hall–Kier alpha value is -0.610. The largest absolute Gasteiger partial charge is 0.343 e. The molecule has 0 spiro atoms. The zero-order chi connectivity index (χ0) is 15.4. The Morgan fingerprint density at radius 2 is 1.55 bits per heavy atom. The van der Waals surface area contributed by atoms with Crippen LogP contribution in [0.25, 0.3) is 0 Å². The van der Waals surface area contributed by atoms with Crippen LogP contribution >= 0.6 is 0 Å². The zero-order valence-electron chi connectivity index (χ0n) is 14.0. The van der Waals surface area contributed by atoms with Crippen molar-refractivity contribution in [3.05, 3.63) is 0 Å². The lowest BCUT2D eigenvalue weighted by atomic mass is 9.82. The Balaban J connectivity index is 1.43. The summed E-state index contributed by atoms with van der Waals surface area (Å²) in [6.07, 6.45) is 11.9. The molecule has 2 N–H and O–H groups in total. The molecule has 4 nitrogen and oxygen atoms in total. The second kappa shape index (κ2) is 7.78. The molecule has 0 bridgehead atoms. The third-order valence-electron chi connectivity index (χ3n) is 6.13. The van der Waals surface area contributed by atoms with E-state index in [2.05, 4.69) is 9.80 Å². The van der Waals surface area contributed by atoms with Gasteiger partial charge in [0, 0.05) is 31.6 Å². The average molecular weight is 307 g/mol. The minimum absolute atomic E-state index is 0.253. The molecule has 0 aromatic carbocycles. The number of hydrogen-bond donors (Lipinski definition) is 1. The molecule has 4 heteroatoms. The van der Waals surface area contributed by atoms with Gasteiger partial charge in [-0.25, -0.2) is 0 Å². The molecule has 2 heterocycles. The standard InChI is InChI=1S/C18H33N3O/c19-17-7-3-2-6-15(17)14-18(22)21-12-8-16(9-13-21)20-10-4-1-5-11-20/h15-17H,1-14,19H2. The highest BCUT2D eigenvalue weighted by Crippen LogP contribution is 2.27. The number of nitrogens with two attached hydrogens (primary N) is 1. The molecule has 1 saturated carbocycles. The van der Waals surface area contributed by atoms with Crippen LogP contribution in [-0.4, -0.2) is 54.0 Å². The number of carbonyl (C=O) groups is 1. The van der Waals surface area contributed by atoms with Gasteiger partial charge in [-0.15, -0.1) is 0 Å². The van der Waals surface area contributed by atoms with Crippen molar-refractivity contribution < 1.29 is 4.79 Å². The molecule has 2 unspecified atom stereocenters. The fourth-order valence-electron chi connectivity index (χ4n) is 4.61. The zero-order valence-corrected chi connectivity index (χ0v) is 14.0. The number of likely N-dealkylation sites (tertiary alicyclic amines) is 2. The van der Waals surface area contributed by atoms with E-state index in [0.29, 0.717) is 18.2 Å². The van der Waals surface area contributed by atoms with Crippen molar-refractivity contribution in [2.75, 3.05) is 26.2 Å². The second-order valence-electron chi connectivity index (χ2n) is 7.62. The smallest absolute Gasteiger partial charge is 0.222 e. The molecule has 22 heavy (non-hydrogen) atoms. The molecule has 0 aromatic rings. The Bertz CT molecular complexity index is 359. The topological polar surface area (TPSA) is 49.6 Å². The number of nitrogens with zero attached hydrogens (tertiary/aromatic N) is 2. The Labute approximate surface area is 135 Å². The summed E-state index contributed by atoms with van der Waals surface area (Å²) >= 11 is 0. The van der Waals surface area contributed by atoms with Crippen molar-refractivity contribution in [1.29, 1.82) is 0 Å². The molecule has 2 atom stereocenters. The van der Waals surface area contributed by atoms with Crippen molar-refractivity contribution in [2.24, 2.45) is 11.7 Å². The number of carbonyl (C=O) groups excluding carboxylic acids is 1. The van der Waals surface area contributed by atoms with E-state index >= 15 is 0 Å². The van der Waals surface area contributed by atoms with Crippen LogP contribution in [0, 0.1) is 5.92 Å². The third kappa shape index (κ3) is 4.02. The fraction of sp³-hybridized carbons (Fsp3) is 0.944. The van der Waals surface area contributed by atoms with Gasteiger partial charge in [0.05, 0.1) is 0 Å². The second-order valence-corrected chi connectivity index (χ2v) is 7.62. The molecule has 0 aromatic heterocycles. The summed E-state index contributed by atoms with van der Waals surface area (Å²) in [6, 6.07) is 0.977. The predicted octanol–water partition coefficient (Wildman–Crippen LogP) is 2.37. The van der Waals surface area contributed by atoms with Gasteiger partial charge in [0.25, 0.3) is 0 Å². The van der Waals surface area contributed by atoms with E-state index in [9.17, 15) is 4.79 Å². The maximum absolute atomic E-state index is 12.6. The predicted molar refractivity (Wildman–Crippen MR) is 89.6 cm³/mol. The van der Waals surface area contributed by atoms with E-state index in [-0.39, 0.29) is 6.04 Å². The first-order chi connectivity index (χ1) is 10.7. The van der Waals surface area contributed by atoms with Gasteiger partial charge in [0.2, 0.25) is 5.91 Å². The van der Waals surface area contributed by atoms with Crippen LogP contribution in [0.1, 0.15) is 64.2 Å². The lowest BCUT2D eigenvalue weighted by molar-refractivity contribution is -0.134. The van der Waals surface area contributed by atoms with Crippen LogP contribution in [0.2, 0.25) is 0 Å². The first kappa shape index (κ1) is 16.3. The minimum Gasteiger partial charge on any atom is -0.343 e. The van der Waals surface area contributed by atoms with Crippen LogP contribution in [0.5, 0.6) is 0 Å². The molecule has 126 valence electrons. The van der Waals surface area contributed by atoms with E-state index in [0.717, 1.165) is 32.0 Å². The van der Waals surface area contributed by atoms with Crippen LogP contribution in [0.15, 0.2) is 0 Å². The first-order valence-electron chi connectivity index (χ1n) is 9.51. The van der Waals surface area contributed by atoms with Crippen molar-refractivity contribution >= 4 is 5.91 Å². The van der Waals surface area contributed by atoms with Gasteiger partial charge in [0.1, 0.15) is 0 Å². The highest BCUT2D eigenvalue weighted by molar-refractivity contribution is 5.76. The molecule has 3 rings (SSSR count). The Morgan fingerprint density at radius 1 is 0.864 bits per heavy atom. The highest BCUT2D eigenvalue weighted by Gasteiger charge is 2.30. The van der Waals surface area contributed by atoms with Crippen molar-refractivity contribution in [3.8, 4) is 0 Å². The van der Waals surface area contributed by atoms with Crippen LogP contribution in [0.3, 0.4) is 0 Å². The SMILES string of the molecule is NC1CCCCC1CC(=O)N1CCC(N2CCCCC2)CC1. The quantitative estimate of drug-likeness (QED) is 0.871. The Morgan fingerprint density at radius 3 is 2.23 bits per heavy atom. The van der Waals surface area contributed by atoms with Gasteiger partial charge in [-0.05, 0) is 57.5 Å². The van der Waals surface area contributed by atoms with Gasteiger partial charge in [-0.1, -0.05) is 19.3 Å². The van der Waals surface area contributed by atoms with E-state index in [1.807, 2.05) is 0 Å². The molecule has 2 saturated heterocycles. The van der Waals surface area contributed by atoms with Gasteiger partial charge in [-0.3, -0.25) is 4.79 Å². The molecule has 3 aliphatic rings. The van der Waals surface area contributed by atoms with Crippen molar-refractivity contribution in [1.82, 2.24) is 9.80 Å². The molecular weight excluding hydrogens is 274 g/mol. The molecule has 2 aliphatic heterocycles. The summed E-state index contributed by atoms with van der Waals surface area (Å²) in [4.78, 5) is 17.3. The van der Waals surface area contributed by atoms with Crippen molar-refractivity contribution in [3.63, 3.8) is 0 Å². The van der Waals surface area contributed by atoms with Crippen LogP contribution < -0.4 is 5.73 Å². The number of amides is 1. The summed E-state index contributed by atoms with van der Waals surface area (Å²) in [5.74, 6) is 0.792. The van der Waals surface area contributed by atoms with Gasteiger partial charge in [-0.2, -0.15) is 0 Å². The molecule has 3 fully saturated rings. The van der Waals surface area contributed by atoms with E-state index in [4.69, 9.17) is 5.73 Å². The van der Waals surface area contributed by atoms with E-state index in [1.54, 1.807) is 0 Å².